The lowest BCUT2D eigenvalue weighted by Crippen LogP contribution is -2.46. The number of ether oxygens (including phenoxy) is 1. The number of carbonyl (C=O) groups is 1. The highest BCUT2D eigenvalue weighted by molar-refractivity contribution is 9.10. The number of aromatic nitrogens is 8. The van der Waals surface area contributed by atoms with Gasteiger partial charge < -0.3 is 43.0 Å². The number of halogens is 1. The van der Waals surface area contributed by atoms with Gasteiger partial charge in [-0.3, -0.25) is 0 Å². The zero-order valence-corrected chi connectivity index (χ0v) is 45.3. The molecule has 12 rings (SSSR count). The molecule has 6 aromatic rings. The molecule has 0 bridgehead atoms. The highest BCUT2D eigenvalue weighted by atomic mass is 79.9. The van der Waals surface area contributed by atoms with Crippen LogP contribution in [0.15, 0.2) is 75.0 Å². The van der Waals surface area contributed by atoms with E-state index in [0.29, 0.717) is 47.4 Å². The Labute approximate surface area is 444 Å². The van der Waals surface area contributed by atoms with Gasteiger partial charge in [0.2, 0.25) is 17.2 Å². The van der Waals surface area contributed by atoms with Gasteiger partial charge >= 0.3 is 6.09 Å². The minimum atomic E-state index is -0.463. The summed E-state index contributed by atoms with van der Waals surface area (Å²) in [5.74, 6) is 1.67. The summed E-state index contributed by atoms with van der Waals surface area (Å²) in [6.45, 7) is 18.1. The van der Waals surface area contributed by atoms with Crippen LogP contribution in [0.25, 0.3) is 22.5 Å². The first-order chi connectivity index (χ1) is 36.1. The number of anilines is 3. The van der Waals surface area contributed by atoms with Gasteiger partial charge in [-0.2, -0.15) is 9.97 Å². The summed E-state index contributed by atoms with van der Waals surface area (Å²) in [7, 11) is 0. The zero-order valence-electron chi connectivity index (χ0n) is 43.7. The second-order valence-corrected chi connectivity index (χ2v) is 22.6. The van der Waals surface area contributed by atoms with Crippen LogP contribution in [0.1, 0.15) is 134 Å². The molecule has 19 heteroatoms. The lowest BCUT2D eigenvalue weighted by atomic mass is 9.90. The van der Waals surface area contributed by atoms with Gasteiger partial charge in [0.25, 0.3) is 12.0 Å². The Hall–Kier alpha value is -5.53. The maximum Gasteiger partial charge on any atom is 0.410 e. The van der Waals surface area contributed by atoms with Crippen molar-refractivity contribution in [3.8, 4) is 0 Å². The number of oxazole rings is 2. The molecule has 396 valence electrons. The molecule has 6 saturated heterocycles. The van der Waals surface area contributed by atoms with Crippen molar-refractivity contribution < 1.29 is 18.4 Å². The molecule has 0 N–H and O–H groups in total. The molecule has 0 radical (unpaired) electrons. The Bertz CT molecular complexity index is 2680. The van der Waals surface area contributed by atoms with E-state index in [2.05, 4.69) is 82.5 Å². The average molecular weight is 1080 g/mol. The molecule has 18 nitrogen and oxygen atoms in total. The Kier molecular flexibility index (Phi) is 17.1. The molecule has 6 aliphatic heterocycles. The Morgan fingerprint density at radius 3 is 1.38 bits per heavy atom. The third-order valence-corrected chi connectivity index (χ3v) is 16.2. The van der Waals surface area contributed by atoms with Crippen LogP contribution in [0.2, 0.25) is 0 Å². The van der Waals surface area contributed by atoms with Gasteiger partial charge in [-0.05, 0) is 187 Å². The lowest BCUT2D eigenvalue weighted by molar-refractivity contribution is 0.0204. The van der Waals surface area contributed by atoms with E-state index in [1.54, 1.807) is 18.5 Å². The number of rotatable bonds is 7. The van der Waals surface area contributed by atoms with Crippen LogP contribution < -0.4 is 14.7 Å². The van der Waals surface area contributed by atoms with Crippen LogP contribution in [-0.4, -0.2) is 157 Å². The molecule has 0 aliphatic carbocycles. The molecule has 6 aliphatic rings. The monoisotopic (exact) mass is 1070 g/mol. The number of likely N-dealkylation sites (tertiary alicyclic amines) is 3. The largest absolute Gasteiger partial charge is 0.444 e. The summed E-state index contributed by atoms with van der Waals surface area (Å²) >= 11 is 3.09. The first-order valence-corrected chi connectivity index (χ1v) is 28.3. The fourth-order valence-electron chi connectivity index (χ4n) is 11.6. The van der Waals surface area contributed by atoms with Crippen LogP contribution in [-0.2, 0) is 4.74 Å². The van der Waals surface area contributed by atoms with Crippen molar-refractivity contribution in [3.05, 3.63) is 77.3 Å². The van der Waals surface area contributed by atoms with Gasteiger partial charge in [0.15, 0.2) is 15.9 Å². The fraction of sp³-hybridized carbons (Fsp3) is 0.618. The smallest absolute Gasteiger partial charge is 0.410 e. The van der Waals surface area contributed by atoms with E-state index in [9.17, 15) is 4.79 Å². The van der Waals surface area contributed by atoms with Gasteiger partial charge in [0, 0.05) is 102 Å². The van der Waals surface area contributed by atoms with Gasteiger partial charge in [-0.15, -0.1) is 0 Å². The van der Waals surface area contributed by atoms with E-state index in [4.69, 9.17) is 23.5 Å². The molecule has 0 atom stereocenters. The summed E-state index contributed by atoms with van der Waals surface area (Å²) in [6, 6.07) is 10.8. The normalized spacial score (nSPS) is 20.5. The Morgan fingerprint density at radius 1 is 0.541 bits per heavy atom. The maximum absolute atomic E-state index is 12.4. The Balaban J connectivity index is 0.000000149. The second kappa shape index (κ2) is 24.4. The number of hydrogen-bond donors (Lipinski definition) is 0. The predicted octanol–water partition coefficient (Wildman–Crippen LogP) is 9.88. The molecule has 0 unspecified atom stereocenters. The summed E-state index contributed by atoms with van der Waals surface area (Å²) in [6.07, 6.45) is 27.6. The van der Waals surface area contributed by atoms with Gasteiger partial charge in [-0.25, -0.2) is 34.7 Å². The quantitative estimate of drug-likeness (QED) is 0.138. The Morgan fingerprint density at radius 2 is 0.959 bits per heavy atom. The number of pyridine rings is 2. The summed E-state index contributed by atoms with van der Waals surface area (Å²) in [5.41, 5.74) is 4.95. The molecule has 12 heterocycles. The molecule has 74 heavy (non-hydrogen) atoms. The standard InChI is InChI=1S/C26H39N5O3.C25H33N7O.C4H3BrN2/c1-26(2,3)34-25(32)31-13-7-19(8-14-31)20-17-22-23(27-18-20)28-24(33-22)30-15-9-21(10-16-30)29-11-5-4-6-12-29;1-2-11-30(12-3-1)21-7-15-32(16-8-21)25-29-23-22(33-25)17-20(18-28-23)19-5-13-31(14-6-19)24-26-9-4-10-27-24;5-4-6-2-1-3-7-4/h17-19,21H,4-16H2,1-3H3;4,9-10,17-19,21H,1-3,5-8,11-16H2;1-3H. The van der Waals surface area contributed by atoms with Gasteiger partial charge in [0.1, 0.15) is 5.60 Å². The average Bonchev–Trinajstić information content (AvgIpc) is 4.09. The zero-order chi connectivity index (χ0) is 50.9. The molecule has 0 saturated carbocycles. The third kappa shape index (κ3) is 13.5. The van der Waals surface area contributed by atoms with Crippen molar-refractivity contribution in [2.45, 2.75) is 140 Å². The number of nitrogens with zero attached hydrogens (tertiary/aromatic N) is 14. The molecule has 0 aromatic carbocycles. The van der Waals surface area contributed by atoms with E-state index in [0.717, 1.165) is 99.8 Å². The highest BCUT2D eigenvalue weighted by Gasteiger charge is 2.32. The van der Waals surface area contributed by atoms with Crippen molar-refractivity contribution >= 4 is 62.5 Å². The van der Waals surface area contributed by atoms with E-state index in [-0.39, 0.29) is 6.09 Å². The van der Waals surface area contributed by atoms with Crippen LogP contribution in [0.5, 0.6) is 0 Å². The number of piperidine rings is 6. The topological polar surface area (TPSA) is 175 Å². The molecule has 6 aromatic heterocycles. The summed E-state index contributed by atoms with van der Waals surface area (Å²) in [4.78, 5) is 61.5. The minimum absolute atomic E-state index is 0.219. The van der Waals surface area contributed by atoms with E-state index < -0.39 is 5.60 Å². The first kappa shape index (κ1) is 51.9. The molecular formula is C55H75BrN14O4. The van der Waals surface area contributed by atoms with Crippen LogP contribution in [0, 0.1) is 0 Å². The van der Waals surface area contributed by atoms with Crippen LogP contribution >= 0.6 is 15.9 Å². The van der Waals surface area contributed by atoms with E-state index in [1.807, 2.05) is 56.5 Å². The molecular weight excluding hydrogens is 1000 g/mol. The minimum Gasteiger partial charge on any atom is -0.444 e. The highest BCUT2D eigenvalue weighted by Crippen LogP contribution is 2.35. The summed E-state index contributed by atoms with van der Waals surface area (Å²) in [5, 5.41) is 0. The van der Waals surface area contributed by atoms with Crippen LogP contribution in [0.4, 0.5) is 22.8 Å². The van der Waals surface area contributed by atoms with Crippen molar-refractivity contribution in [1.82, 2.24) is 54.6 Å². The first-order valence-electron chi connectivity index (χ1n) is 27.5. The van der Waals surface area contributed by atoms with E-state index in [1.165, 1.54) is 102 Å². The number of fused-ring (bicyclic) bond motifs is 2. The van der Waals surface area contributed by atoms with E-state index >= 15 is 0 Å². The van der Waals surface area contributed by atoms with Crippen LogP contribution in [0.3, 0.4) is 0 Å². The fourth-order valence-corrected chi connectivity index (χ4v) is 11.9. The number of amides is 1. The molecule has 1 amide bonds. The predicted molar refractivity (Wildman–Crippen MR) is 291 cm³/mol. The van der Waals surface area contributed by atoms with Crippen molar-refractivity contribution in [3.63, 3.8) is 0 Å². The molecule has 6 fully saturated rings. The van der Waals surface area contributed by atoms with Crippen molar-refractivity contribution in [1.29, 1.82) is 0 Å². The SMILES string of the molecule is Brc1ncccn1.CC(C)(C)OC(=O)N1CCC(c2cnc3nc(N4CCC(N5CCCCC5)CC4)oc3c2)CC1.c1cnc(N2CCC(c3cnc4nc(N5CCC(N6CCCCC6)CC5)oc4c3)CC2)nc1. The molecule has 0 spiro atoms. The third-order valence-electron chi connectivity index (χ3n) is 15.8. The second-order valence-electron chi connectivity index (χ2n) is 21.9. The van der Waals surface area contributed by atoms with Crippen molar-refractivity contribution in [2.24, 2.45) is 0 Å². The maximum atomic E-state index is 12.4. The number of hydrogen-bond acceptors (Lipinski definition) is 17. The van der Waals surface area contributed by atoms with Crippen molar-refractivity contribution in [2.75, 3.05) is 93.2 Å². The van der Waals surface area contributed by atoms with Gasteiger partial charge in [0.05, 0.1) is 0 Å². The van der Waals surface area contributed by atoms with Gasteiger partial charge in [-0.1, -0.05) is 12.8 Å². The lowest BCUT2D eigenvalue weighted by Gasteiger charge is -2.39. The number of carbonyl (C=O) groups excluding carboxylic acids is 1. The summed E-state index contributed by atoms with van der Waals surface area (Å²) < 4.78 is 18.6.